The zero-order chi connectivity index (χ0) is 18.9. The normalized spacial score (nSPS) is 10.6. The fraction of sp³-hybridized carbons (Fsp3) is 0.222. The molecule has 0 saturated carbocycles. The van der Waals surface area contributed by atoms with Gasteiger partial charge in [-0.05, 0) is 43.4 Å². The SMILES string of the molecule is CCNC(=S)NN=Cc1cccc(OC)c1OCc1c(Cl)cccc1Cl. The molecule has 5 nitrogen and oxygen atoms in total. The summed E-state index contributed by atoms with van der Waals surface area (Å²) < 4.78 is 11.3. The number of thiocarbonyl (C=S) groups is 1. The molecule has 2 rings (SSSR count). The highest BCUT2D eigenvalue weighted by Gasteiger charge is 2.12. The van der Waals surface area contributed by atoms with Crippen molar-refractivity contribution in [1.29, 1.82) is 0 Å². The van der Waals surface area contributed by atoms with Crippen molar-refractivity contribution >= 4 is 46.7 Å². The van der Waals surface area contributed by atoms with Gasteiger partial charge in [-0.2, -0.15) is 5.10 Å². The molecule has 0 radical (unpaired) electrons. The molecular weight excluding hydrogens is 393 g/mol. The van der Waals surface area contributed by atoms with Gasteiger partial charge in [-0.25, -0.2) is 0 Å². The molecule has 8 heteroatoms. The molecular formula is C18H19Cl2N3O2S. The standard InChI is InChI=1S/C18H19Cl2N3O2S/c1-3-21-18(26)23-22-10-12-6-4-9-16(24-2)17(12)25-11-13-14(19)7-5-8-15(13)20/h4-10H,3,11H2,1-2H3,(H2,21,23,26). The van der Waals surface area contributed by atoms with Crippen LogP contribution >= 0.6 is 35.4 Å². The molecule has 0 aromatic heterocycles. The van der Waals surface area contributed by atoms with Crippen LogP contribution in [-0.2, 0) is 6.61 Å². The van der Waals surface area contributed by atoms with Crippen molar-refractivity contribution in [2.24, 2.45) is 5.10 Å². The van der Waals surface area contributed by atoms with E-state index in [0.29, 0.717) is 38.8 Å². The van der Waals surface area contributed by atoms with Gasteiger partial charge in [-0.15, -0.1) is 0 Å². The maximum absolute atomic E-state index is 6.20. The molecule has 2 aromatic carbocycles. The number of para-hydroxylation sites is 1. The summed E-state index contributed by atoms with van der Waals surface area (Å²) in [5.74, 6) is 1.11. The molecule has 0 saturated heterocycles. The molecule has 0 aliphatic carbocycles. The molecule has 0 atom stereocenters. The Labute approximate surface area is 168 Å². The maximum Gasteiger partial charge on any atom is 0.186 e. The molecule has 0 unspecified atom stereocenters. The Hall–Kier alpha value is -2.02. The number of rotatable bonds is 7. The first kappa shape index (κ1) is 20.3. The number of hydrogen-bond acceptors (Lipinski definition) is 4. The summed E-state index contributed by atoms with van der Waals surface area (Å²) in [6.07, 6.45) is 1.61. The van der Waals surface area contributed by atoms with Crippen LogP contribution in [0.5, 0.6) is 11.5 Å². The zero-order valence-electron chi connectivity index (χ0n) is 14.4. The maximum atomic E-state index is 6.20. The monoisotopic (exact) mass is 411 g/mol. The minimum Gasteiger partial charge on any atom is -0.493 e. The van der Waals surface area contributed by atoms with Crippen LogP contribution in [0.2, 0.25) is 10.0 Å². The second-order valence-electron chi connectivity index (χ2n) is 5.10. The molecule has 0 heterocycles. The highest BCUT2D eigenvalue weighted by molar-refractivity contribution is 7.80. The molecule has 0 spiro atoms. The van der Waals surface area contributed by atoms with Gasteiger partial charge in [0.1, 0.15) is 6.61 Å². The Balaban J connectivity index is 2.20. The van der Waals surface area contributed by atoms with E-state index in [1.807, 2.05) is 19.1 Å². The van der Waals surface area contributed by atoms with Crippen molar-refractivity contribution in [3.05, 3.63) is 57.6 Å². The molecule has 26 heavy (non-hydrogen) atoms. The van der Waals surface area contributed by atoms with Gasteiger partial charge in [0, 0.05) is 27.7 Å². The van der Waals surface area contributed by atoms with Crippen LogP contribution in [0.3, 0.4) is 0 Å². The summed E-state index contributed by atoms with van der Waals surface area (Å²) in [7, 11) is 1.57. The van der Waals surface area contributed by atoms with E-state index in [1.54, 1.807) is 37.6 Å². The number of benzene rings is 2. The summed E-state index contributed by atoms with van der Waals surface area (Å²) in [5, 5.41) is 8.59. The van der Waals surface area contributed by atoms with Crippen LogP contribution in [0.4, 0.5) is 0 Å². The summed E-state index contributed by atoms with van der Waals surface area (Å²) in [5.41, 5.74) is 4.17. The van der Waals surface area contributed by atoms with Crippen LogP contribution in [-0.4, -0.2) is 25.0 Å². The lowest BCUT2D eigenvalue weighted by molar-refractivity contribution is 0.284. The summed E-state index contributed by atoms with van der Waals surface area (Å²) in [6, 6.07) is 10.8. The van der Waals surface area contributed by atoms with E-state index in [4.69, 9.17) is 44.9 Å². The number of halogens is 2. The lowest BCUT2D eigenvalue weighted by atomic mass is 10.2. The lowest BCUT2D eigenvalue weighted by Gasteiger charge is -2.14. The Kier molecular flexibility index (Phi) is 7.97. The first-order valence-electron chi connectivity index (χ1n) is 7.86. The second kappa shape index (κ2) is 10.2. The Bertz CT molecular complexity index is 780. The average Bonchev–Trinajstić information content (AvgIpc) is 2.62. The number of nitrogens with one attached hydrogen (secondary N) is 2. The molecule has 0 fully saturated rings. The quantitative estimate of drug-likeness (QED) is 0.401. The van der Waals surface area contributed by atoms with Crippen LogP contribution in [0.15, 0.2) is 41.5 Å². The van der Waals surface area contributed by atoms with Gasteiger partial charge in [0.25, 0.3) is 0 Å². The molecule has 0 bridgehead atoms. The van der Waals surface area contributed by atoms with E-state index in [9.17, 15) is 0 Å². The predicted molar refractivity (Wildman–Crippen MR) is 111 cm³/mol. The number of methoxy groups -OCH3 is 1. The van der Waals surface area contributed by atoms with Gasteiger partial charge in [-0.1, -0.05) is 35.3 Å². The van der Waals surface area contributed by atoms with Crippen LogP contribution in [0.25, 0.3) is 0 Å². The highest BCUT2D eigenvalue weighted by Crippen LogP contribution is 2.32. The van der Waals surface area contributed by atoms with Crippen molar-refractivity contribution in [3.8, 4) is 11.5 Å². The third-order valence-corrected chi connectivity index (χ3v) is 4.30. The number of nitrogens with zero attached hydrogens (tertiary/aromatic N) is 1. The predicted octanol–water partition coefficient (Wildman–Crippen LogP) is 4.40. The first-order valence-corrected chi connectivity index (χ1v) is 9.02. The number of hydrogen-bond donors (Lipinski definition) is 2. The fourth-order valence-corrected chi connectivity index (χ4v) is 2.83. The van der Waals surface area contributed by atoms with Gasteiger partial charge in [0.15, 0.2) is 16.6 Å². The third-order valence-electron chi connectivity index (χ3n) is 3.36. The molecule has 0 amide bonds. The van der Waals surface area contributed by atoms with E-state index in [-0.39, 0.29) is 6.61 Å². The Morgan fingerprint density at radius 2 is 1.88 bits per heavy atom. The van der Waals surface area contributed by atoms with E-state index >= 15 is 0 Å². The van der Waals surface area contributed by atoms with Gasteiger partial charge in [0.2, 0.25) is 0 Å². The van der Waals surface area contributed by atoms with E-state index in [0.717, 1.165) is 5.56 Å². The Morgan fingerprint density at radius 3 is 2.54 bits per heavy atom. The second-order valence-corrected chi connectivity index (χ2v) is 6.32. The van der Waals surface area contributed by atoms with Crippen LogP contribution in [0.1, 0.15) is 18.1 Å². The molecule has 2 N–H and O–H groups in total. The molecule has 0 aliphatic heterocycles. The van der Waals surface area contributed by atoms with Gasteiger partial charge < -0.3 is 14.8 Å². The molecule has 0 aliphatic rings. The smallest absolute Gasteiger partial charge is 0.186 e. The van der Waals surface area contributed by atoms with Crippen molar-refractivity contribution in [2.75, 3.05) is 13.7 Å². The molecule has 2 aromatic rings. The molecule has 138 valence electrons. The van der Waals surface area contributed by atoms with Crippen molar-refractivity contribution in [1.82, 2.24) is 10.7 Å². The lowest BCUT2D eigenvalue weighted by Crippen LogP contribution is -2.31. The van der Waals surface area contributed by atoms with Crippen LogP contribution in [0, 0.1) is 0 Å². The fourth-order valence-electron chi connectivity index (χ4n) is 2.12. The zero-order valence-corrected chi connectivity index (χ0v) is 16.7. The largest absolute Gasteiger partial charge is 0.493 e. The van der Waals surface area contributed by atoms with Gasteiger partial charge >= 0.3 is 0 Å². The first-order chi connectivity index (χ1) is 12.6. The van der Waals surface area contributed by atoms with Gasteiger partial charge in [0.05, 0.1) is 13.3 Å². The number of ether oxygens (including phenoxy) is 2. The average molecular weight is 412 g/mol. The van der Waals surface area contributed by atoms with Gasteiger partial charge in [-0.3, -0.25) is 5.43 Å². The Morgan fingerprint density at radius 1 is 1.19 bits per heavy atom. The van der Waals surface area contributed by atoms with E-state index in [1.165, 1.54) is 0 Å². The van der Waals surface area contributed by atoms with Crippen molar-refractivity contribution in [2.45, 2.75) is 13.5 Å². The summed E-state index contributed by atoms with van der Waals surface area (Å²) in [4.78, 5) is 0. The van der Waals surface area contributed by atoms with Crippen molar-refractivity contribution < 1.29 is 9.47 Å². The van der Waals surface area contributed by atoms with E-state index < -0.39 is 0 Å². The summed E-state index contributed by atoms with van der Waals surface area (Å²) >= 11 is 17.5. The third kappa shape index (κ3) is 5.49. The highest BCUT2D eigenvalue weighted by atomic mass is 35.5. The minimum absolute atomic E-state index is 0.197. The summed E-state index contributed by atoms with van der Waals surface area (Å²) in [6.45, 7) is 2.86. The topological polar surface area (TPSA) is 54.9 Å². The number of hydrazone groups is 1. The minimum atomic E-state index is 0.197. The van der Waals surface area contributed by atoms with Crippen molar-refractivity contribution in [3.63, 3.8) is 0 Å². The van der Waals surface area contributed by atoms with Crippen LogP contribution < -0.4 is 20.2 Å². The van der Waals surface area contributed by atoms with E-state index in [2.05, 4.69) is 15.8 Å².